The van der Waals surface area contributed by atoms with Crippen molar-refractivity contribution in [3.63, 3.8) is 0 Å². The minimum atomic E-state index is -0.169. The second kappa shape index (κ2) is 6.76. The molecule has 3 aromatic rings. The summed E-state index contributed by atoms with van der Waals surface area (Å²) in [5.41, 5.74) is 4.75. The summed E-state index contributed by atoms with van der Waals surface area (Å²) in [4.78, 5) is 13.7. The number of benzene rings is 2. The standard InChI is InChI=1S/C20H18N2O2S/c1-13-5-4-6-14(11-13)9-10-21-20(23)18-16-12-25-17-8-3-2-7-15(17)19(16)24-22-18/h2-8,11H,9-10,12H2,1H3,(H,21,23). The van der Waals surface area contributed by atoms with Gasteiger partial charge in [-0.15, -0.1) is 11.8 Å². The number of carbonyl (C=O) groups excluding carboxylic acids is 1. The van der Waals surface area contributed by atoms with Crippen LogP contribution in [0.2, 0.25) is 0 Å². The van der Waals surface area contributed by atoms with Gasteiger partial charge in [0.25, 0.3) is 5.91 Å². The SMILES string of the molecule is Cc1cccc(CCNC(=O)c2noc3c2CSc2ccccc2-3)c1. The molecule has 1 N–H and O–H groups in total. The molecule has 25 heavy (non-hydrogen) atoms. The predicted molar refractivity (Wildman–Crippen MR) is 98.7 cm³/mol. The molecule has 0 fully saturated rings. The van der Waals surface area contributed by atoms with Crippen molar-refractivity contribution in [2.45, 2.75) is 24.0 Å². The van der Waals surface area contributed by atoms with Crippen molar-refractivity contribution in [3.8, 4) is 11.3 Å². The lowest BCUT2D eigenvalue weighted by molar-refractivity contribution is 0.0944. The van der Waals surface area contributed by atoms with E-state index < -0.39 is 0 Å². The Morgan fingerprint density at radius 2 is 2.12 bits per heavy atom. The van der Waals surface area contributed by atoms with Gasteiger partial charge in [0, 0.05) is 28.3 Å². The molecular formula is C20H18N2O2S. The van der Waals surface area contributed by atoms with Gasteiger partial charge >= 0.3 is 0 Å². The molecule has 0 spiro atoms. The number of aryl methyl sites for hydroxylation is 1. The van der Waals surface area contributed by atoms with E-state index in [1.165, 1.54) is 11.1 Å². The zero-order valence-electron chi connectivity index (χ0n) is 13.9. The summed E-state index contributed by atoms with van der Waals surface area (Å²) in [6, 6.07) is 16.4. The molecule has 1 aromatic heterocycles. The Morgan fingerprint density at radius 1 is 1.24 bits per heavy atom. The van der Waals surface area contributed by atoms with Gasteiger partial charge in [0.05, 0.1) is 0 Å². The van der Waals surface area contributed by atoms with Gasteiger partial charge in [0.2, 0.25) is 0 Å². The van der Waals surface area contributed by atoms with E-state index in [2.05, 4.69) is 41.7 Å². The van der Waals surface area contributed by atoms with Crippen molar-refractivity contribution in [1.82, 2.24) is 10.5 Å². The fraction of sp³-hybridized carbons (Fsp3) is 0.200. The first kappa shape index (κ1) is 16.0. The summed E-state index contributed by atoms with van der Waals surface area (Å²) in [6.45, 7) is 2.65. The minimum absolute atomic E-state index is 0.169. The van der Waals surface area contributed by atoms with Gasteiger partial charge in [-0.05, 0) is 31.0 Å². The van der Waals surface area contributed by atoms with Crippen molar-refractivity contribution < 1.29 is 9.32 Å². The average molecular weight is 350 g/mol. The maximum Gasteiger partial charge on any atom is 0.273 e. The molecule has 4 nitrogen and oxygen atoms in total. The lowest BCUT2D eigenvalue weighted by Gasteiger charge is -2.13. The molecule has 2 heterocycles. The third-order valence-electron chi connectivity index (χ3n) is 4.29. The zero-order chi connectivity index (χ0) is 17.2. The van der Waals surface area contributed by atoms with Crippen molar-refractivity contribution in [3.05, 3.63) is 70.9 Å². The second-order valence-electron chi connectivity index (χ2n) is 6.12. The lowest BCUT2D eigenvalue weighted by Crippen LogP contribution is -2.27. The number of thioether (sulfide) groups is 1. The first-order valence-electron chi connectivity index (χ1n) is 8.27. The Bertz CT molecular complexity index is 933. The number of carbonyl (C=O) groups is 1. The predicted octanol–water partition coefficient (Wildman–Crippen LogP) is 4.23. The molecule has 0 unspecified atom stereocenters. The molecule has 0 saturated carbocycles. The highest BCUT2D eigenvalue weighted by molar-refractivity contribution is 7.98. The summed E-state index contributed by atoms with van der Waals surface area (Å²) in [5, 5.41) is 6.99. The fourth-order valence-electron chi connectivity index (χ4n) is 3.03. The van der Waals surface area contributed by atoms with E-state index in [1.807, 2.05) is 24.3 Å². The lowest BCUT2D eigenvalue weighted by atomic mass is 10.1. The maximum atomic E-state index is 12.5. The van der Waals surface area contributed by atoms with Gasteiger partial charge in [0.1, 0.15) is 0 Å². The maximum absolute atomic E-state index is 12.5. The fourth-order valence-corrected chi connectivity index (χ4v) is 4.09. The average Bonchev–Trinajstić information content (AvgIpc) is 3.06. The van der Waals surface area contributed by atoms with Gasteiger partial charge in [-0.1, -0.05) is 47.1 Å². The van der Waals surface area contributed by atoms with E-state index in [9.17, 15) is 4.79 Å². The van der Waals surface area contributed by atoms with E-state index in [-0.39, 0.29) is 5.91 Å². The van der Waals surface area contributed by atoms with Crippen LogP contribution in [-0.4, -0.2) is 17.6 Å². The molecule has 0 bridgehead atoms. The van der Waals surface area contributed by atoms with E-state index in [4.69, 9.17) is 4.52 Å². The number of nitrogens with one attached hydrogen (secondary N) is 1. The smallest absolute Gasteiger partial charge is 0.273 e. The van der Waals surface area contributed by atoms with Crippen LogP contribution in [-0.2, 0) is 12.2 Å². The third-order valence-corrected chi connectivity index (χ3v) is 5.39. The highest BCUT2D eigenvalue weighted by Crippen LogP contribution is 2.42. The monoisotopic (exact) mass is 350 g/mol. The number of amides is 1. The van der Waals surface area contributed by atoms with Gasteiger partial charge < -0.3 is 9.84 Å². The first-order chi connectivity index (χ1) is 12.2. The molecule has 0 radical (unpaired) electrons. The number of aromatic nitrogens is 1. The number of hydrogen-bond donors (Lipinski definition) is 1. The third kappa shape index (κ3) is 3.20. The molecule has 4 rings (SSSR count). The molecule has 1 amide bonds. The number of fused-ring (bicyclic) bond motifs is 3. The zero-order valence-corrected chi connectivity index (χ0v) is 14.7. The van der Waals surface area contributed by atoms with Crippen LogP contribution in [0.15, 0.2) is 57.9 Å². The minimum Gasteiger partial charge on any atom is -0.355 e. The Morgan fingerprint density at radius 3 is 3.00 bits per heavy atom. The molecular weight excluding hydrogens is 332 g/mol. The van der Waals surface area contributed by atoms with Crippen molar-refractivity contribution in [2.24, 2.45) is 0 Å². The van der Waals surface area contributed by atoms with E-state index in [0.717, 1.165) is 28.2 Å². The first-order valence-corrected chi connectivity index (χ1v) is 9.25. The van der Waals surface area contributed by atoms with Crippen LogP contribution in [0.4, 0.5) is 0 Å². The van der Waals surface area contributed by atoms with Gasteiger partial charge in [-0.3, -0.25) is 4.79 Å². The van der Waals surface area contributed by atoms with Crippen LogP contribution in [0.1, 0.15) is 27.2 Å². The molecule has 0 saturated heterocycles. The van der Waals surface area contributed by atoms with Gasteiger partial charge in [-0.2, -0.15) is 0 Å². The van der Waals surface area contributed by atoms with Crippen molar-refractivity contribution in [1.29, 1.82) is 0 Å². The Kier molecular flexibility index (Phi) is 4.32. The van der Waals surface area contributed by atoms with E-state index in [1.54, 1.807) is 11.8 Å². The Hall–Kier alpha value is -2.53. The van der Waals surface area contributed by atoms with Crippen LogP contribution >= 0.6 is 11.8 Å². The van der Waals surface area contributed by atoms with E-state index >= 15 is 0 Å². The van der Waals surface area contributed by atoms with Crippen molar-refractivity contribution in [2.75, 3.05) is 6.54 Å². The van der Waals surface area contributed by atoms with Crippen LogP contribution in [0.3, 0.4) is 0 Å². The largest absolute Gasteiger partial charge is 0.355 e. The summed E-state index contributed by atoms with van der Waals surface area (Å²) in [7, 11) is 0. The molecule has 1 aliphatic rings. The summed E-state index contributed by atoms with van der Waals surface area (Å²) < 4.78 is 5.49. The molecule has 5 heteroatoms. The molecule has 0 atom stereocenters. The molecule has 1 aliphatic heterocycles. The summed E-state index contributed by atoms with van der Waals surface area (Å²) in [6.07, 6.45) is 0.797. The number of nitrogens with zero attached hydrogens (tertiary/aromatic N) is 1. The summed E-state index contributed by atoms with van der Waals surface area (Å²) in [5.74, 6) is 1.26. The van der Waals surface area contributed by atoms with Crippen LogP contribution in [0, 0.1) is 6.92 Å². The molecule has 126 valence electrons. The Labute approximate surface area is 150 Å². The molecule has 0 aliphatic carbocycles. The van der Waals surface area contributed by atoms with Crippen molar-refractivity contribution >= 4 is 17.7 Å². The number of rotatable bonds is 4. The van der Waals surface area contributed by atoms with Gasteiger partial charge in [-0.25, -0.2) is 0 Å². The number of hydrogen-bond acceptors (Lipinski definition) is 4. The van der Waals surface area contributed by atoms with Crippen LogP contribution in [0.25, 0.3) is 11.3 Å². The highest BCUT2D eigenvalue weighted by atomic mass is 32.2. The second-order valence-corrected chi connectivity index (χ2v) is 7.14. The topological polar surface area (TPSA) is 55.1 Å². The summed E-state index contributed by atoms with van der Waals surface area (Å²) >= 11 is 1.71. The normalized spacial score (nSPS) is 12.4. The van der Waals surface area contributed by atoms with Crippen LogP contribution < -0.4 is 5.32 Å². The highest BCUT2D eigenvalue weighted by Gasteiger charge is 2.27. The molecule has 2 aromatic carbocycles. The van der Waals surface area contributed by atoms with Gasteiger partial charge in [0.15, 0.2) is 11.5 Å². The quantitative estimate of drug-likeness (QED) is 0.765. The van der Waals surface area contributed by atoms with E-state index in [0.29, 0.717) is 18.0 Å². The van der Waals surface area contributed by atoms with Crippen LogP contribution in [0.5, 0.6) is 0 Å². The Balaban J connectivity index is 1.46.